The van der Waals surface area contributed by atoms with Crippen LogP contribution in [0, 0.1) is 0 Å². The largest absolute Gasteiger partial charge is 0.313 e. The van der Waals surface area contributed by atoms with Crippen molar-refractivity contribution in [3.05, 3.63) is 29.0 Å². The molecule has 18 heavy (non-hydrogen) atoms. The molecular formula is C14H22ClN3. The lowest BCUT2D eigenvalue weighted by molar-refractivity contribution is 0.224. The van der Waals surface area contributed by atoms with Gasteiger partial charge in [0.1, 0.15) is 5.15 Å². The lowest BCUT2D eigenvalue weighted by atomic mass is 10.0. The van der Waals surface area contributed by atoms with Gasteiger partial charge in [0.2, 0.25) is 0 Å². The van der Waals surface area contributed by atoms with E-state index < -0.39 is 0 Å². The van der Waals surface area contributed by atoms with Crippen LogP contribution in [0.5, 0.6) is 0 Å². The lowest BCUT2D eigenvalue weighted by Gasteiger charge is -2.29. The first-order valence-corrected chi connectivity index (χ1v) is 7.23. The molecule has 1 aromatic heterocycles. The Labute approximate surface area is 115 Å². The maximum atomic E-state index is 5.92. The Morgan fingerprint density at radius 3 is 3.00 bits per heavy atom. The maximum Gasteiger partial charge on any atom is 0.129 e. The second-order valence-electron chi connectivity index (χ2n) is 4.93. The van der Waals surface area contributed by atoms with Gasteiger partial charge in [-0.1, -0.05) is 31.0 Å². The molecule has 0 aliphatic carbocycles. The van der Waals surface area contributed by atoms with E-state index in [9.17, 15) is 0 Å². The minimum Gasteiger partial charge on any atom is -0.313 e. The molecule has 100 valence electrons. The highest BCUT2D eigenvalue weighted by Gasteiger charge is 2.16. The smallest absolute Gasteiger partial charge is 0.129 e. The Morgan fingerprint density at radius 2 is 2.33 bits per heavy atom. The fourth-order valence-corrected chi connectivity index (χ4v) is 2.65. The quantitative estimate of drug-likeness (QED) is 0.832. The van der Waals surface area contributed by atoms with E-state index in [1.165, 1.54) is 19.3 Å². The molecular weight excluding hydrogens is 246 g/mol. The van der Waals surface area contributed by atoms with Crippen molar-refractivity contribution in [2.45, 2.75) is 38.8 Å². The highest BCUT2D eigenvalue weighted by molar-refractivity contribution is 6.29. The van der Waals surface area contributed by atoms with Crippen LogP contribution in [0.25, 0.3) is 0 Å². The number of nitrogens with zero attached hydrogens (tertiary/aromatic N) is 2. The van der Waals surface area contributed by atoms with Crippen LogP contribution in [0.1, 0.15) is 31.9 Å². The van der Waals surface area contributed by atoms with Crippen LogP contribution in [0.3, 0.4) is 0 Å². The number of nitrogens with one attached hydrogen (secondary N) is 1. The summed E-state index contributed by atoms with van der Waals surface area (Å²) in [4.78, 5) is 6.79. The SMILES string of the molecule is CCN(Cc1cccc(Cl)n1)CC1CCCCN1. The van der Waals surface area contributed by atoms with Gasteiger partial charge in [-0.2, -0.15) is 0 Å². The van der Waals surface area contributed by atoms with Crippen LogP contribution in [0.15, 0.2) is 18.2 Å². The number of hydrogen-bond donors (Lipinski definition) is 1. The minimum absolute atomic E-state index is 0.583. The average molecular weight is 268 g/mol. The summed E-state index contributed by atoms with van der Waals surface area (Å²) in [5.41, 5.74) is 1.06. The zero-order valence-electron chi connectivity index (χ0n) is 11.0. The fourth-order valence-electron chi connectivity index (χ4n) is 2.46. The third-order valence-corrected chi connectivity index (χ3v) is 3.71. The van der Waals surface area contributed by atoms with Crippen LogP contribution < -0.4 is 5.32 Å². The molecule has 2 rings (SSSR count). The van der Waals surface area contributed by atoms with E-state index in [1.807, 2.05) is 18.2 Å². The van der Waals surface area contributed by atoms with Gasteiger partial charge in [-0.15, -0.1) is 0 Å². The first-order chi connectivity index (χ1) is 8.78. The van der Waals surface area contributed by atoms with Gasteiger partial charge in [-0.25, -0.2) is 4.98 Å². The number of hydrogen-bond acceptors (Lipinski definition) is 3. The normalized spacial score (nSPS) is 20.3. The molecule has 1 unspecified atom stereocenters. The summed E-state index contributed by atoms with van der Waals surface area (Å²) in [5, 5.41) is 4.18. The van der Waals surface area contributed by atoms with Crippen molar-refractivity contribution in [3.63, 3.8) is 0 Å². The lowest BCUT2D eigenvalue weighted by Crippen LogP contribution is -2.43. The predicted molar refractivity (Wildman–Crippen MR) is 75.8 cm³/mol. The van der Waals surface area contributed by atoms with Gasteiger partial charge < -0.3 is 5.32 Å². The second-order valence-corrected chi connectivity index (χ2v) is 5.31. The van der Waals surface area contributed by atoms with Crippen LogP contribution in [0.2, 0.25) is 5.15 Å². The highest BCUT2D eigenvalue weighted by Crippen LogP contribution is 2.11. The van der Waals surface area contributed by atoms with Crippen molar-refractivity contribution < 1.29 is 0 Å². The van der Waals surface area contributed by atoms with E-state index >= 15 is 0 Å². The predicted octanol–water partition coefficient (Wildman–Crippen LogP) is 2.70. The number of aromatic nitrogens is 1. The number of rotatable bonds is 5. The molecule has 4 heteroatoms. The Bertz CT molecular complexity index is 364. The molecule has 1 aliphatic rings. The van der Waals surface area contributed by atoms with Crippen LogP contribution in [-0.2, 0) is 6.54 Å². The summed E-state index contributed by atoms with van der Waals surface area (Å²) in [6.45, 7) is 6.40. The molecule has 0 amide bonds. The summed E-state index contributed by atoms with van der Waals surface area (Å²) < 4.78 is 0. The monoisotopic (exact) mass is 267 g/mol. The molecule has 1 atom stereocenters. The zero-order chi connectivity index (χ0) is 12.8. The maximum absolute atomic E-state index is 5.92. The average Bonchev–Trinajstić information content (AvgIpc) is 2.39. The van der Waals surface area contributed by atoms with Crippen LogP contribution in [-0.4, -0.2) is 35.6 Å². The van der Waals surface area contributed by atoms with E-state index in [0.717, 1.165) is 31.9 Å². The topological polar surface area (TPSA) is 28.2 Å². The van der Waals surface area contributed by atoms with Gasteiger partial charge in [0.15, 0.2) is 0 Å². The van der Waals surface area contributed by atoms with Gasteiger partial charge in [0.25, 0.3) is 0 Å². The molecule has 1 aromatic rings. The van der Waals surface area contributed by atoms with Crippen LogP contribution in [0.4, 0.5) is 0 Å². The Balaban J connectivity index is 1.88. The van der Waals surface area contributed by atoms with E-state index in [0.29, 0.717) is 11.2 Å². The molecule has 1 saturated heterocycles. The molecule has 0 aromatic carbocycles. The van der Waals surface area contributed by atoms with Gasteiger partial charge in [0, 0.05) is 19.1 Å². The van der Waals surface area contributed by atoms with Gasteiger partial charge >= 0.3 is 0 Å². The Morgan fingerprint density at radius 1 is 1.44 bits per heavy atom. The Kier molecular flexibility index (Phi) is 5.42. The third-order valence-electron chi connectivity index (χ3n) is 3.50. The highest BCUT2D eigenvalue weighted by atomic mass is 35.5. The summed E-state index contributed by atoms with van der Waals surface area (Å²) in [6, 6.07) is 6.47. The van der Waals surface area contributed by atoms with Gasteiger partial charge in [-0.3, -0.25) is 4.90 Å². The summed E-state index contributed by atoms with van der Waals surface area (Å²) >= 11 is 5.92. The molecule has 1 fully saturated rings. The van der Waals surface area contributed by atoms with Crippen molar-refractivity contribution in [1.82, 2.24) is 15.2 Å². The minimum atomic E-state index is 0.583. The van der Waals surface area contributed by atoms with Crippen molar-refractivity contribution in [2.24, 2.45) is 0 Å². The van der Waals surface area contributed by atoms with E-state index in [-0.39, 0.29) is 0 Å². The van der Waals surface area contributed by atoms with Crippen LogP contribution >= 0.6 is 11.6 Å². The zero-order valence-corrected chi connectivity index (χ0v) is 11.8. The Hall–Kier alpha value is -0.640. The van der Waals surface area contributed by atoms with Crippen molar-refractivity contribution >= 4 is 11.6 Å². The van der Waals surface area contributed by atoms with E-state index in [2.05, 4.69) is 22.1 Å². The number of likely N-dealkylation sites (N-methyl/N-ethyl adjacent to an activating group) is 1. The molecule has 3 nitrogen and oxygen atoms in total. The summed E-state index contributed by atoms with van der Waals surface area (Å²) in [5.74, 6) is 0. The number of piperidine rings is 1. The summed E-state index contributed by atoms with van der Waals surface area (Å²) in [6.07, 6.45) is 3.96. The molecule has 0 bridgehead atoms. The molecule has 0 saturated carbocycles. The van der Waals surface area contributed by atoms with Gasteiger partial charge in [0.05, 0.1) is 5.69 Å². The van der Waals surface area contributed by atoms with Crippen molar-refractivity contribution in [3.8, 4) is 0 Å². The van der Waals surface area contributed by atoms with Crippen molar-refractivity contribution in [2.75, 3.05) is 19.6 Å². The van der Waals surface area contributed by atoms with E-state index in [4.69, 9.17) is 11.6 Å². The first-order valence-electron chi connectivity index (χ1n) is 6.85. The molecule has 1 aliphatic heterocycles. The fraction of sp³-hybridized carbons (Fsp3) is 0.643. The van der Waals surface area contributed by atoms with Crippen molar-refractivity contribution in [1.29, 1.82) is 0 Å². The van der Waals surface area contributed by atoms with E-state index in [1.54, 1.807) is 0 Å². The molecule has 0 radical (unpaired) electrons. The third kappa shape index (κ3) is 4.23. The standard InChI is InChI=1S/C14H22ClN3/c1-2-18(10-12-6-3-4-9-16-12)11-13-7-5-8-14(15)17-13/h5,7-8,12,16H,2-4,6,9-11H2,1H3. The summed E-state index contributed by atoms with van der Waals surface area (Å²) in [7, 11) is 0. The molecule has 1 N–H and O–H groups in total. The van der Waals surface area contributed by atoms with Gasteiger partial charge in [-0.05, 0) is 38.1 Å². The first kappa shape index (κ1) is 13.8. The number of pyridine rings is 1. The second kappa shape index (κ2) is 7.07. The molecule has 2 heterocycles. The molecule has 0 spiro atoms. The number of halogens is 1.